The molecule has 1 fully saturated rings. The third-order valence-electron chi connectivity index (χ3n) is 5.79. The van der Waals surface area contributed by atoms with Crippen molar-refractivity contribution in [3.63, 3.8) is 0 Å². The van der Waals surface area contributed by atoms with E-state index in [1.54, 1.807) is 11.8 Å². The Morgan fingerprint density at radius 1 is 1.17 bits per heavy atom. The summed E-state index contributed by atoms with van der Waals surface area (Å²) in [5.74, 6) is -0.400. The molecule has 1 unspecified atom stereocenters. The second-order valence-corrected chi connectivity index (χ2v) is 9.72. The van der Waals surface area contributed by atoms with Gasteiger partial charge >= 0.3 is 5.19 Å². The molecule has 1 saturated heterocycles. The van der Waals surface area contributed by atoms with Gasteiger partial charge in [0.2, 0.25) is 16.6 Å². The van der Waals surface area contributed by atoms with Gasteiger partial charge in [0, 0.05) is 31.9 Å². The van der Waals surface area contributed by atoms with Crippen LogP contribution in [-0.4, -0.2) is 68.0 Å². The van der Waals surface area contributed by atoms with E-state index in [1.165, 1.54) is 42.6 Å². The van der Waals surface area contributed by atoms with Crippen molar-refractivity contribution in [1.29, 1.82) is 0 Å². The number of ether oxygens (including phenoxy) is 1. The van der Waals surface area contributed by atoms with Crippen LogP contribution in [0.15, 0.2) is 47.4 Å². The quantitative estimate of drug-likeness (QED) is 0.534. The fourth-order valence-electron chi connectivity index (χ4n) is 3.88. The number of halogens is 1. The van der Waals surface area contributed by atoms with Gasteiger partial charge in [0.1, 0.15) is 11.6 Å². The summed E-state index contributed by atoms with van der Waals surface area (Å²) in [4.78, 5) is 43.5. The normalized spacial score (nSPS) is 16.5. The van der Waals surface area contributed by atoms with Crippen LogP contribution >= 0.6 is 11.3 Å². The number of piperazine rings is 1. The second kappa shape index (κ2) is 9.92. The SMILES string of the molecule is CC(C(=O)Nc1nnc(Oc2ccc(F)cc2)s1)N1CCN(C(=O)c2ccc(=O)[nH]c2)C(C)(C)C1. The lowest BCUT2D eigenvalue weighted by atomic mass is 9.96. The zero-order valence-electron chi connectivity index (χ0n) is 19.4. The molecule has 4 rings (SSSR count). The minimum atomic E-state index is -0.543. The third-order valence-corrected chi connectivity index (χ3v) is 6.51. The van der Waals surface area contributed by atoms with Crippen molar-refractivity contribution >= 4 is 28.3 Å². The van der Waals surface area contributed by atoms with Gasteiger partial charge in [-0.1, -0.05) is 5.10 Å². The number of rotatable bonds is 6. The van der Waals surface area contributed by atoms with Crippen LogP contribution in [0.2, 0.25) is 0 Å². The number of nitrogens with zero attached hydrogens (tertiary/aromatic N) is 4. The lowest BCUT2D eigenvalue weighted by Crippen LogP contribution is -2.63. The van der Waals surface area contributed by atoms with Gasteiger partial charge in [-0.25, -0.2) is 4.39 Å². The molecule has 1 aromatic carbocycles. The van der Waals surface area contributed by atoms with Crippen molar-refractivity contribution < 1.29 is 18.7 Å². The molecule has 3 aromatic rings. The van der Waals surface area contributed by atoms with Crippen LogP contribution in [0, 0.1) is 5.82 Å². The summed E-state index contributed by atoms with van der Waals surface area (Å²) in [5.41, 5.74) is -0.402. The topological polar surface area (TPSA) is 121 Å². The van der Waals surface area contributed by atoms with E-state index in [2.05, 4.69) is 20.5 Å². The molecular weight excluding hydrogens is 475 g/mol. The highest BCUT2D eigenvalue weighted by molar-refractivity contribution is 7.17. The number of carbonyl (C=O) groups excluding carboxylic acids is 2. The molecule has 0 saturated carbocycles. The minimum absolute atomic E-state index is 0.175. The predicted molar refractivity (Wildman–Crippen MR) is 128 cm³/mol. The van der Waals surface area contributed by atoms with E-state index in [0.717, 1.165) is 11.3 Å². The molecule has 0 spiro atoms. The van der Waals surface area contributed by atoms with Crippen molar-refractivity contribution in [2.24, 2.45) is 0 Å². The van der Waals surface area contributed by atoms with E-state index in [4.69, 9.17) is 4.74 Å². The van der Waals surface area contributed by atoms with Crippen LogP contribution in [0.4, 0.5) is 9.52 Å². The summed E-state index contributed by atoms with van der Waals surface area (Å²) in [6, 6.07) is 7.85. The van der Waals surface area contributed by atoms with E-state index >= 15 is 0 Å². The molecule has 0 radical (unpaired) electrons. The predicted octanol–water partition coefficient (Wildman–Crippen LogP) is 2.72. The summed E-state index contributed by atoms with van der Waals surface area (Å²) in [7, 11) is 0. The van der Waals surface area contributed by atoms with Crippen molar-refractivity contribution in [2.75, 3.05) is 25.0 Å². The minimum Gasteiger partial charge on any atom is -0.430 e. The van der Waals surface area contributed by atoms with Crippen LogP contribution < -0.4 is 15.6 Å². The van der Waals surface area contributed by atoms with Gasteiger partial charge in [0.25, 0.3) is 5.91 Å². The molecule has 1 atom stereocenters. The van der Waals surface area contributed by atoms with Crippen molar-refractivity contribution in [3.8, 4) is 10.9 Å². The van der Waals surface area contributed by atoms with Gasteiger partial charge in [0.05, 0.1) is 17.1 Å². The van der Waals surface area contributed by atoms with Crippen LogP contribution in [0.3, 0.4) is 0 Å². The Hall–Kier alpha value is -3.64. The van der Waals surface area contributed by atoms with E-state index in [0.29, 0.717) is 30.9 Å². The van der Waals surface area contributed by atoms with Crippen molar-refractivity contribution in [2.45, 2.75) is 32.4 Å². The Labute approximate surface area is 204 Å². The number of aromatic nitrogens is 3. The molecule has 0 bridgehead atoms. The second-order valence-electron chi connectivity index (χ2n) is 8.78. The molecule has 0 aliphatic carbocycles. The molecule has 2 N–H and O–H groups in total. The highest BCUT2D eigenvalue weighted by Gasteiger charge is 2.39. The Balaban J connectivity index is 1.35. The summed E-state index contributed by atoms with van der Waals surface area (Å²) in [6.07, 6.45) is 1.42. The van der Waals surface area contributed by atoms with Gasteiger partial charge in [-0.3, -0.25) is 24.6 Å². The Kier molecular flexibility index (Phi) is 6.94. The summed E-state index contributed by atoms with van der Waals surface area (Å²) >= 11 is 1.06. The molecule has 1 aliphatic heterocycles. The van der Waals surface area contributed by atoms with Gasteiger partial charge in [-0.15, -0.1) is 5.10 Å². The fourth-order valence-corrected chi connectivity index (χ4v) is 4.50. The highest BCUT2D eigenvalue weighted by Crippen LogP contribution is 2.29. The number of pyridine rings is 1. The number of aromatic amines is 1. The van der Waals surface area contributed by atoms with Gasteiger partial charge < -0.3 is 14.6 Å². The van der Waals surface area contributed by atoms with Gasteiger partial charge in [-0.05, 0) is 62.4 Å². The summed E-state index contributed by atoms with van der Waals surface area (Å²) < 4.78 is 18.6. The van der Waals surface area contributed by atoms with Crippen molar-refractivity contribution in [3.05, 3.63) is 64.3 Å². The Bertz CT molecular complexity index is 1260. The number of hydrogen-bond acceptors (Lipinski definition) is 8. The number of carbonyl (C=O) groups is 2. The average molecular weight is 501 g/mol. The molecule has 2 amide bonds. The largest absolute Gasteiger partial charge is 0.430 e. The third kappa shape index (κ3) is 5.72. The average Bonchev–Trinajstić information content (AvgIpc) is 3.26. The maximum atomic E-state index is 13.0. The number of H-pyrrole nitrogens is 1. The standard InChI is InChI=1S/C23H25FN6O4S/c1-14(19(32)26-21-27-28-22(35-21)34-17-7-5-16(24)6-8-17)29-10-11-30(23(2,3)13-29)20(33)15-4-9-18(31)25-12-15/h4-9,12,14H,10-11,13H2,1-3H3,(H,25,31)(H,26,27,32). The van der Waals surface area contributed by atoms with E-state index in [-0.39, 0.29) is 33.5 Å². The summed E-state index contributed by atoms with van der Waals surface area (Å²) in [5, 5.41) is 11.1. The molecule has 184 valence electrons. The van der Waals surface area contributed by atoms with E-state index < -0.39 is 11.6 Å². The molecule has 35 heavy (non-hydrogen) atoms. The van der Waals surface area contributed by atoms with Crippen LogP contribution in [0.5, 0.6) is 10.9 Å². The monoisotopic (exact) mass is 500 g/mol. The number of hydrogen-bond donors (Lipinski definition) is 2. The lowest BCUT2D eigenvalue weighted by molar-refractivity contribution is -0.122. The maximum absolute atomic E-state index is 13.0. The molecule has 10 nitrogen and oxygen atoms in total. The van der Waals surface area contributed by atoms with Gasteiger partial charge in [0.15, 0.2) is 0 Å². The number of anilines is 1. The van der Waals surface area contributed by atoms with Gasteiger partial charge in [-0.2, -0.15) is 0 Å². The summed E-state index contributed by atoms with van der Waals surface area (Å²) in [6.45, 7) is 7.08. The number of nitrogens with one attached hydrogen (secondary N) is 2. The Morgan fingerprint density at radius 3 is 2.57 bits per heavy atom. The zero-order valence-corrected chi connectivity index (χ0v) is 20.3. The van der Waals surface area contributed by atoms with E-state index in [1.807, 2.05) is 18.7 Å². The molecule has 2 aromatic heterocycles. The first-order chi connectivity index (χ1) is 16.6. The molecular formula is C23H25FN6O4S. The molecule has 1 aliphatic rings. The number of amides is 2. The van der Waals surface area contributed by atoms with Crippen LogP contribution in [0.25, 0.3) is 0 Å². The fraction of sp³-hybridized carbons (Fsp3) is 0.348. The van der Waals surface area contributed by atoms with Crippen LogP contribution in [0.1, 0.15) is 31.1 Å². The number of benzene rings is 1. The maximum Gasteiger partial charge on any atom is 0.301 e. The smallest absolute Gasteiger partial charge is 0.301 e. The first-order valence-corrected chi connectivity index (χ1v) is 11.8. The Morgan fingerprint density at radius 2 is 1.91 bits per heavy atom. The first kappa shape index (κ1) is 24.5. The molecule has 3 heterocycles. The molecule has 12 heteroatoms. The zero-order chi connectivity index (χ0) is 25.2. The lowest BCUT2D eigenvalue weighted by Gasteiger charge is -2.48. The first-order valence-electron chi connectivity index (χ1n) is 10.9. The van der Waals surface area contributed by atoms with Crippen molar-refractivity contribution in [1.82, 2.24) is 25.0 Å². The highest BCUT2D eigenvalue weighted by atomic mass is 32.1. The van der Waals surface area contributed by atoms with Crippen LogP contribution in [-0.2, 0) is 4.79 Å². The van der Waals surface area contributed by atoms with E-state index in [9.17, 15) is 18.8 Å².